The maximum Gasteiger partial charge on any atom is 0.257 e. The number of amides is 1. The number of hydrogen-bond acceptors (Lipinski definition) is 3. The Morgan fingerprint density at radius 2 is 1.85 bits per heavy atom. The molecular weight excluding hydrogens is 340 g/mol. The summed E-state index contributed by atoms with van der Waals surface area (Å²) in [6, 6.07) is 18.1. The molecule has 3 aromatic rings. The van der Waals surface area contributed by atoms with E-state index < -0.39 is 0 Å². The summed E-state index contributed by atoms with van der Waals surface area (Å²) >= 11 is 0. The van der Waals surface area contributed by atoms with Gasteiger partial charge in [-0.25, -0.2) is 0 Å². The van der Waals surface area contributed by atoms with Gasteiger partial charge in [-0.15, -0.1) is 0 Å². The van der Waals surface area contributed by atoms with E-state index in [1.54, 1.807) is 41.1 Å². The summed E-state index contributed by atoms with van der Waals surface area (Å²) in [6.45, 7) is 4.94. The first-order chi connectivity index (χ1) is 13.0. The molecule has 0 aliphatic carbocycles. The van der Waals surface area contributed by atoms with Crippen molar-refractivity contribution >= 4 is 11.6 Å². The summed E-state index contributed by atoms with van der Waals surface area (Å²) in [4.78, 5) is 24.7. The molecule has 1 aromatic heterocycles. The van der Waals surface area contributed by atoms with E-state index in [2.05, 4.69) is 5.32 Å². The van der Waals surface area contributed by atoms with Crippen LogP contribution in [-0.4, -0.2) is 17.1 Å². The minimum Gasteiger partial charge on any atom is -0.494 e. The molecule has 2 aromatic carbocycles. The minimum atomic E-state index is -0.267. The maximum absolute atomic E-state index is 12.5. The Morgan fingerprint density at radius 1 is 1.07 bits per heavy atom. The van der Waals surface area contributed by atoms with Gasteiger partial charge in [0.1, 0.15) is 5.75 Å². The number of aromatic nitrogens is 1. The van der Waals surface area contributed by atoms with Gasteiger partial charge in [0.25, 0.3) is 11.5 Å². The molecule has 0 bridgehead atoms. The van der Waals surface area contributed by atoms with Crippen molar-refractivity contribution in [2.24, 2.45) is 0 Å². The number of carbonyl (C=O) groups is 1. The second-order valence-corrected chi connectivity index (χ2v) is 6.28. The number of pyridine rings is 1. The molecule has 27 heavy (non-hydrogen) atoms. The molecule has 138 valence electrons. The number of carbonyl (C=O) groups excluding carboxylic acids is 1. The third-order valence-corrected chi connectivity index (χ3v) is 4.10. The number of hydrogen-bond donors (Lipinski definition) is 1. The first-order valence-corrected chi connectivity index (χ1v) is 8.85. The average Bonchev–Trinajstić information content (AvgIpc) is 2.65. The van der Waals surface area contributed by atoms with E-state index in [-0.39, 0.29) is 11.5 Å². The standard InChI is InChI=1S/C22H22N2O3/c1-3-27-20-10-8-19(9-11-20)23-22(26)18-7-12-21(25)24(15-18)14-17-6-4-5-16(2)13-17/h4-13,15H,3,14H2,1-2H3,(H,23,26). The smallest absolute Gasteiger partial charge is 0.257 e. The monoisotopic (exact) mass is 362 g/mol. The Hall–Kier alpha value is -3.34. The van der Waals surface area contributed by atoms with Gasteiger partial charge in [-0.1, -0.05) is 29.8 Å². The third-order valence-electron chi connectivity index (χ3n) is 4.10. The highest BCUT2D eigenvalue weighted by Crippen LogP contribution is 2.16. The van der Waals surface area contributed by atoms with Crippen LogP contribution in [0.15, 0.2) is 71.7 Å². The molecular formula is C22H22N2O3. The van der Waals surface area contributed by atoms with Crippen LogP contribution in [0.1, 0.15) is 28.4 Å². The molecule has 0 radical (unpaired) electrons. The van der Waals surface area contributed by atoms with E-state index in [0.29, 0.717) is 24.4 Å². The van der Waals surface area contributed by atoms with Crippen molar-refractivity contribution in [3.63, 3.8) is 0 Å². The van der Waals surface area contributed by atoms with E-state index >= 15 is 0 Å². The Bertz CT molecular complexity index is 991. The van der Waals surface area contributed by atoms with Gasteiger partial charge in [-0.2, -0.15) is 0 Å². The van der Waals surface area contributed by atoms with Crippen molar-refractivity contribution < 1.29 is 9.53 Å². The van der Waals surface area contributed by atoms with Gasteiger partial charge in [0.15, 0.2) is 0 Å². The summed E-state index contributed by atoms with van der Waals surface area (Å²) < 4.78 is 6.94. The van der Waals surface area contributed by atoms with Gasteiger partial charge in [0, 0.05) is 18.0 Å². The summed E-state index contributed by atoms with van der Waals surface area (Å²) in [7, 11) is 0. The Kier molecular flexibility index (Phi) is 5.71. The molecule has 0 atom stereocenters. The number of benzene rings is 2. The van der Waals surface area contributed by atoms with Gasteiger partial charge in [-0.05, 0) is 49.7 Å². The zero-order valence-corrected chi connectivity index (χ0v) is 15.4. The van der Waals surface area contributed by atoms with Crippen LogP contribution < -0.4 is 15.6 Å². The van der Waals surface area contributed by atoms with E-state index in [9.17, 15) is 9.59 Å². The molecule has 0 unspecified atom stereocenters. The van der Waals surface area contributed by atoms with Crippen LogP contribution in [0, 0.1) is 6.92 Å². The second-order valence-electron chi connectivity index (χ2n) is 6.28. The Balaban J connectivity index is 1.76. The summed E-state index contributed by atoms with van der Waals surface area (Å²) in [5.41, 5.74) is 3.09. The first kappa shape index (κ1) is 18.5. The van der Waals surface area contributed by atoms with E-state index in [1.165, 1.54) is 6.07 Å². The van der Waals surface area contributed by atoms with Crippen LogP contribution in [0.3, 0.4) is 0 Å². The van der Waals surface area contributed by atoms with Crippen LogP contribution >= 0.6 is 0 Å². The first-order valence-electron chi connectivity index (χ1n) is 8.85. The van der Waals surface area contributed by atoms with E-state index in [0.717, 1.165) is 16.9 Å². The minimum absolute atomic E-state index is 0.144. The van der Waals surface area contributed by atoms with Crippen molar-refractivity contribution in [2.75, 3.05) is 11.9 Å². The van der Waals surface area contributed by atoms with Crippen molar-refractivity contribution in [1.82, 2.24) is 4.57 Å². The Labute approximate surface area is 158 Å². The molecule has 5 nitrogen and oxygen atoms in total. The fourth-order valence-corrected chi connectivity index (χ4v) is 2.80. The summed E-state index contributed by atoms with van der Waals surface area (Å²) in [5, 5.41) is 2.84. The molecule has 5 heteroatoms. The van der Waals surface area contributed by atoms with Gasteiger partial charge in [0.2, 0.25) is 0 Å². The molecule has 0 saturated carbocycles. The molecule has 0 aliphatic heterocycles. The Morgan fingerprint density at radius 3 is 2.56 bits per heavy atom. The molecule has 0 aliphatic rings. The number of anilines is 1. The van der Waals surface area contributed by atoms with Gasteiger partial charge < -0.3 is 14.6 Å². The number of rotatable bonds is 6. The van der Waals surface area contributed by atoms with E-state index in [1.807, 2.05) is 38.1 Å². The summed E-state index contributed by atoms with van der Waals surface area (Å²) in [5.74, 6) is 0.486. The fourth-order valence-electron chi connectivity index (χ4n) is 2.80. The normalized spacial score (nSPS) is 10.4. The number of aryl methyl sites for hydroxylation is 1. The molecule has 1 amide bonds. The predicted octanol–water partition coefficient (Wildman–Crippen LogP) is 3.86. The summed E-state index contributed by atoms with van der Waals surface area (Å²) in [6.07, 6.45) is 1.59. The van der Waals surface area contributed by atoms with Crippen molar-refractivity contribution in [2.45, 2.75) is 20.4 Å². The lowest BCUT2D eigenvalue weighted by Gasteiger charge is -2.10. The highest BCUT2D eigenvalue weighted by atomic mass is 16.5. The third kappa shape index (κ3) is 4.85. The van der Waals surface area contributed by atoms with Crippen molar-refractivity contribution in [3.8, 4) is 5.75 Å². The van der Waals surface area contributed by atoms with Crippen molar-refractivity contribution in [3.05, 3.63) is 93.9 Å². The topological polar surface area (TPSA) is 60.3 Å². The van der Waals surface area contributed by atoms with Gasteiger partial charge >= 0.3 is 0 Å². The van der Waals surface area contributed by atoms with Gasteiger partial charge in [-0.3, -0.25) is 9.59 Å². The molecule has 0 spiro atoms. The highest BCUT2D eigenvalue weighted by Gasteiger charge is 2.09. The van der Waals surface area contributed by atoms with Crippen LogP contribution in [0.4, 0.5) is 5.69 Å². The highest BCUT2D eigenvalue weighted by molar-refractivity contribution is 6.04. The SMILES string of the molecule is CCOc1ccc(NC(=O)c2ccc(=O)n(Cc3cccc(C)c3)c2)cc1. The lowest BCUT2D eigenvalue weighted by molar-refractivity contribution is 0.102. The molecule has 0 fully saturated rings. The average molecular weight is 362 g/mol. The molecule has 1 N–H and O–H groups in total. The lowest BCUT2D eigenvalue weighted by atomic mass is 10.1. The molecule has 0 saturated heterocycles. The van der Waals surface area contributed by atoms with Gasteiger partial charge in [0.05, 0.1) is 18.7 Å². The maximum atomic E-state index is 12.5. The fraction of sp³-hybridized carbons (Fsp3) is 0.182. The largest absolute Gasteiger partial charge is 0.494 e. The zero-order valence-electron chi connectivity index (χ0n) is 15.4. The van der Waals surface area contributed by atoms with Crippen LogP contribution in [0.5, 0.6) is 5.75 Å². The molecule has 3 rings (SSSR count). The number of nitrogens with zero attached hydrogens (tertiary/aromatic N) is 1. The number of ether oxygens (including phenoxy) is 1. The number of nitrogens with one attached hydrogen (secondary N) is 1. The lowest BCUT2D eigenvalue weighted by Crippen LogP contribution is -2.22. The van der Waals surface area contributed by atoms with Crippen LogP contribution in [0.2, 0.25) is 0 Å². The van der Waals surface area contributed by atoms with Crippen LogP contribution in [-0.2, 0) is 6.54 Å². The van der Waals surface area contributed by atoms with Crippen molar-refractivity contribution in [1.29, 1.82) is 0 Å². The molecule has 1 heterocycles. The quantitative estimate of drug-likeness (QED) is 0.724. The van der Waals surface area contributed by atoms with E-state index in [4.69, 9.17) is 4.74 Å². The second kappa shape index (κ2) is 8.36. The van der Waals surface area contributed by atoms with Crippen LogP contribution in [0.25, 0.3) is 0 Å². The predicted molar refractivity (Wildman–Crippen MR) is 107 cm³/mol. The zero-order chi connectivity index (χ0) is 19.2.